The van der Waals surface area contributed by atoms with E-state index in [-0.39, 0.29) is 33.5 Å². The zero-order valence-corrected chi connectivity index (χ0v) is 17.3. The third-order valence-corrected chi connectivity index (χ3v) is 6.67. The minimum atomic E-state index is -3.63. The normalized spacial score (nSPS) is 12.9. The maximum absolute atomic E-state index is 12.8. The second-order valence-electron chi connectivity index (χ2n) is 7.22. The zero-order chi connectivity index (χ0) is 22.3. The second kappa shape index (κ2) is 7.61. The van der Waals surface area contributed by atoms with Crippen molar-refractivity contribution in [2.45, 2.75) is 16.6 Å². The van der Waals surface area contributed by atoms with Crippen molar-refractivity contribution < 1.29 is 27.2 Å². The molecule has 0 spiro atoms. The Morgan fingerprint density at radius 2 is 1.47 bits per heavy atom. The lowest BCUT2D eigenvalue weighted by molar-refractivity contribution is -0.138. The summed E-state index contributed by atoms with van der Waals surface area (Å²) in [4.78, 5) is 20.6. The van der Waals surface area contributed by atoms with E-state index < -0.39 is 21.7 Å². The van der Waals surface area contributed by atoms with Crippen LogP contribution in [0.2, 0.25) is 0 Å². The van der Waals surface area contributed by atoms with Crippen LogP contribution < -0.4 is 0 Å². The molecular weight excluding hydrogens is 432 g/mol. The van der Waals surface area contributed by atoms with E-state index in [1.54, 1.807) is 48.5 Å². The van der Waals surface area contributed by atoms with Crippen molar-refractivity contribution in [3.05, 3.63) is 90.1 Å². The lowest BCUT2D eigenvalue weighted by Crippen LogP contribution is -2.13. The van der Waals surface area contributed by atoms with Crippen LogP contribution in [0, 0.1) is 0 Å². The summed E-state index contributed by atoms with van der Waals surface area (Å²) < 4.78 is 36.9. The number of carbonyl (C=O) groups is 1. The summed E-state index contributed by atoms with van der Waals surface area (Å²) in [5.74, 6) is -3.00. The third kappa shape index (κ3) is 3.63. The SMILES string of the molecule is O=C(O)C(c1nc2ccccc2o1)c1nc2cc(S(=O)(=O)Cc3ccccc3)ccc2o1. The minimum absolute atomic E-state index is 0.0674. The first-order valence-electron chi connectivity index (χ1n) is 9.66. The first-order chi connectivity index (χ1) is 15.4. The molecule has 2 aromatic heterocycles. The molecule has 3 aromatic carbocycles. The molecule has 5 aromatic rings. The smallest absolute Gasteiger partial charge is 0.325 e. The average molecular weight is 448 g/mol. The van der Waals surface area contributed by atoms with Crippen LogP contribution >= 0.6 is 0 Å². The van der Waals surface area contributed by atoms with Crippen LogP contribution in [0.5, 0.6) is 0 Å². The molecular formula is C23H16N2O6S. The number of aromatic nitrogens is 2. The van der Waals surface area contributed by atoms with Gasteiger partial charge in [0.1, 0.15) is 11.0 Å². The lowest BCUT2D eigenvalue weighted by Gasteiger charge is -2.04. The number of para-hydroxylation sites is 2. The lowest BCUT2D eigenvalue weighted by atomic mass is 10.1. The Morgan fingerprint density at radius 3 is 2.16 bits per heavy atom. The first kappa shape index (κ1) is 20.0. The Hall–Kier alpha value is -3.98. The number of rotatable bonds is 6. The Balaban J connectivity index is 1.53. The molecule has 1 unspecified atom stereocenters. The van der Waals surface area contributed by atoms with Gasteiger partial charge in [-0.3, -0.25) is 4.79 Å². The van der Waals surface area contributed by atoms with Crippen molar-refractivity contribution in [2.24, 2.45) is 0 Å². The molecule has 0 saturated heterocycles. The van der Waals surface area contributed by atoms with Crippen molar-refractivity contribution in [2.75, 3.05) is 0 Å². The molecule has 0 aliphatic rings. The Kier molecular flexibility index (Phi) is 4.75. The molecule has 0 aliphatic carbocycles. The van der Waals surface area contributed by atoms with E-state index in [0.29, 0.717) is 16.7 Å². The number of carboxylic acids is 1. The van der Waals surface area contributed by atoms with Gasteiger partial charge in [0.25, 0.3) is 0 Å². The Morgan fingerprint density at radius 1 is 0.844 bits per heavy atom. The van der Waals surface area contributed by atoms with Crippen LogP contribution in [0.3, 0.4) is 0 Å². The highest BCUT2D eigenvalue weighted by atomic mass is 32.2. The summed E-state index contributed by atoms with van der Waals surface area (Å²) in [6, 6.07) is 20.0. The van der Waals surface area contributed by atoms with Gasteiger partial charge in [-0.1, -0.05) is 42.5 Å². The number of aliphatic carboxylic acids is 1. The van der Waals surface area contributed by atoms with E-state index in [2.05, 4.69) is 9.97 Å². The van der Waals surface area contributed by atoms with Gasteiger partial charge < -0.3 is 13.9 Å². The number of carboxylic acid groups (broad SMARTS) is 1. The molecule has 5 rings (SSSR count). The summed E-state index contributed by atoms with van der Waals surface area (Å²) >= 11 is 0. The van der Waals surface area contributed by atoms with Crippen LogP contribution in [-0.4, -0.2) is 29.5 Å². The van der Waals surface area contributed by atoms with Gasteiger partial charge >= 0.3 is 5.97 Å². The second-order valence-corrected chi connectivity index (χ2v) is 9.21. The number of nitrogens with zero attached hydrogens (tertiary/aromatic N) is 2. The summed E-state index contributed by atoms with van der Waals surface area (Å²) in [6.07, 6.45) is 0. The fraction of sp³-hybridized carbons (Fsp3) is 0.0870. The molecule has 8 nitrogen and oxygen atoms in total. The van der Waals surface area contributed by atoms with E-state index >= 15 is 0 Å². The van der Waals surface area contributed by atoms with Gasteiger partial charge in [-0.05, 0) is 35.9 Å². The molecule has 0 aliphatic heterocycles. The number of hydrogen-bond acceptors (Lipinski definition) is 7. The van der Waals surface area contributed by atoms with Crippen LogP contribution in [0.15, 0.2) is 86.5 Å². The van der Waals surface area contributed by atoms with E-state index in [1.165, 1.54) is 18.2 Å². The van der Waals surface area contributed by atoms with Gasteiger partial charge in [-0.15, -0.1) is 0 Å². The highest BCUT2D eigenvalue weighted by molar-refractivity contribution is 7.90. The Bertz CT molecular complexity index is 1520. The quantitative estimate of drug-likeness (QED) is 0.411. The molecule has 1 N–H and O–H groups in total. The molecule has 32 heavy (non-hydrogen) atoms. The number of fused-ring (bicyclic) bond motifs is 2. The molecule has 0 saturated carbocycles. The highest BCUT2D eigenvalue weighted by Gasteiger charge is 2.33. The van der Waals surface area contributed by atoms with Crippen LogP contribution in [-0.2, 0) is 20.4 Å². The van der Waals surface area contributed by atoms with Crippen LogP contribution in [0.1, 0.15) is 23.3 Å². The minimum Gasteiger partial charge on any atom is -0.480 e. The molecule has 0 fully saturated rings. The molecule has 9 heteroatoms. The van der Waals surface area contributed by atoms with Crippen molar-refractivity contribution in [3.63, 3.8) is 0 Å². The van der Waals surface area contributed by atoms with Gasteiger partial charge in [0.05, 0.1) is 10.6 Å². The van der Waals surface area contributed by atoms with E-state index in [9.17, 15) is 18.3 Å². The predicted molar refractivity (Wildman–Crippen MR) is 115 cm³/mol. The van der Waals surface area contributed by atoms with Gasteiger partial charge in [0.15, 0.2) is 21.0 Å². The van der Waals surface area contributed by atoms with Crippen LogP contribution in [0.25, 0.3) is 22.2 Å². The Labute approximate surface area is 182 Å². The first-order valence-corrected chi connectivity index (χ1v) is 11.3. The van der Waals surface area contributed by atoms with Gasteiger partial charge in [0.2, 0.25) is 17.7 Å². The van der Waals surface area contributed by atoms with Gasteiger partial charge in [-0.25, -0.2) is 18.4 Å². The monoisotopic (exact) mass is 448 g/mol. The summed E-state index contributed by atoms with van der Waals surface area (Å²) in [5, 5.41) is 9.78. The molecule has 2 heterocycles. The highest BCUT2D eigenvalue weighted by Crippen LogP contribution is 2.31. The fourth-order valence-electron chi connectivity index (χ4n) is 3.45. The standard InChI is InChI=1S/C23H16N2O6S/c26-23(27)20(21-24-16-8-4-5-9-18(16)30-21)22-25-17-12-15(10-11-19(17)31-22)32(28,29)13-14-6-2-1-3-7-14/h1-12,20H,13H2,(H,26,27). The summed E-state index contributed by atoms with van der Waals surface area (Å²) in [7, 11) is -3.63. The third-order valence-electron chi connectivity index (χ3n) is 4.99. The van der Waals surface area contributed by atoms with Crippen molar-refractivity contribution in [1.82, 2.24) is 9.97 Å². The van der Waals surface area contributed by atoms with E-state index in [1.807, 2.05) is 6.07 Å². The van der Waals surface area contributed by atoms with Crippen LogP contribution in [0.4, 0.5) is 0 Å². The number of sulfone groups is 1. The zero-order valence-electron chi connectivity index (χ0n) is 16.5. The van der Waals surface area contributed by atoms with Gasteiger partial charge in [0, 0.05) is 0 Å². The maximum Gasteiger partial charge on any atom is 0.325 e. The van der Waals surface area contributed by atoms with Crippen molar-refractivity contribution in [1.29, 1.82) is 0 Å². The largest absolute Gasteiger partial charge is 0.480 e. The molecule has 0 bridgehead atoms. The maximum atomic E-state index is 12.8. The molecule has 0 amide bonds. The molecule has 160 valence electrons. The fourth-order valence-corrected chi connectivity index (χ4v) is 4.81. The van der Waals surface area contributed by atoms with Gasteiger partial charge in [-0.2, -0.15) is 0 Å². The van der Waals surface area contributed by atoms with Crippen molar-refractivity contribution >= 4 is 38.0 Å². The van der Waals surface area contributed by atoms with E-state index in [4.69, 9.17) is 8.83 Å². The topological polar surface area (TPSA) is 123 Å². The van der Waals surface area contributed by atoms with Crippen molar-refractivity contribution in [3.8, 4) is 0 Å². The summed E-state index contributed by atoms with van der Waals surface area (Å²) in [6.45, 7) is 0. The molecule has 0 radical (unpaired) electrons. The molecule has 1 atom stereocenters. The average Bonchev–Trinajstić information content (AvgIpc) is 3.37. The predicted octanol–water partition coefficient (Wildman–Crippen LogP) is 4.16. The number of oxazole rings is 2. The van der Waals surface area contributed by atoms with E-state index in [0.717, 1.165) is 0 Å². The summed E-state index contributed by atoms with van der Waals surface area (Å²) in [5.41, 5.74) is 2.12. The number of hydrogen-bond donors (Lipinski definition) is 1. The number of benzene rings is 3.